The van der Waals surface area contributed by atoms with Crippen LogP contribution in [0.15, 0.2) is 18.2 Å². The van der Waals surface area contributed by atoms with Gasteiger partial charge in [0.1, 0.15) is 11.3 Å². The van der Waals surface area contributed by atoms with Crippen molar-refractivity contribution in [2.45, 2.75) is 51.9 Å². The quantitative estimate of drug-likeness (QED) is 0.939. The van der Waals surface area contributed by atoms with E-state index in [4.69, 9.17) is 15.2 Å². The second kappa shape index (κ2) is 5.56. The molecule has 2 N–H and O–H groups in total. The average molecular weight is 289 g/mol. The standard InChI is InChI=1S/C16H23N3O2/c1-10(2)21-14-7-4-6-12-15(14)18-16(17)19(12)11(3)13-8-5-9-20-13/h4,6-7,10-11,13H,5,8-9H2,1-3H3,(H2,17,18). The van der Waals surface area contributed by atoms with Gasteiger partial charge in [0, 0.05) is 6.61 Å². The number of nitrogens with zero attached hydrogens (tertiary/aromatic N) is 2. The van der Waals surface area contributed by atoms with Gasteiger partial charge in [0.05, 0.1) is 23.8 Å². The van der Waals surface area contributed by atoms with Crippen LogP contribution in [0.2, 0.25) is 0 Å². The third-order valence-corrected chi connectivity index (χ3v) is 3.98. The summed E-state index contributed by atoms with van der Waals surface area (Å²) in [7, 11) is 0. The van der Waals surface area contributed by atoms with E-state index >= 15 is 0 Å². The molecule has 21 heavy (non-hydrogen) atoms. The van der Waals surface area contributed by atoms with Gasteiger partial charge in [0.25, 0.3) is 0 Å². The van der Waals surface area contributed by atoms with E-state index in [0.29, 0.717) is 5.95 Å². The molecule has 0 radical (unpaired) electrons. The molecule has 1 aromatic heterocycles. The van der Waals surface area contributed by atoms with Crippen molar-refractivity contribution in [3.8, 4) is 5.75 Å². The van der Waals surface area contributed by atoms with E-state index in [1.807, 2.05) is 32.0 Å². The second-order valence-corrected chi connectivity index (χ2v) is 5.92. The summed E-state index contributed by atoms with van der Waals surface area (Å²) in [5.41, 5.74) is 8.00. The number of hydrogen-bond acceptors (Lipinski definition) is 4. The fourth-order valence-corrected chi connectivity index (χ4v) is 3.04. The number of benzene rings is 1. The van der Waals surface area contributed by atoms with Gasteiger partial charge < -0.3 is 19.8 Å². The first kappa shape index (κ1) is 14.2. The van der Waals surface area contributed by atoms with Gasteiger partial charge in [0.15, 0.2) is 0 Å². The van der Waals surface area contributed by atoms with Gasteiger partial charge in [-0.2, -0.15) is 0 Å². The summed E-state index contributed by atoms with van der Waals surface area (Å²) in [6.07, 6.45) is 2.50. The molecule has 1 saturated heterocycles. The number of rotatable bonds is 4. The average Bonchev–Trinajstić information content (AvgIpc) is 3.05. The van der Waals surface area contributed by atoms with Gasteiger partial charge in [-0.05, 0) is 45.7 Å². The molecule has 1 aliphatic rings. The number of hydrogen-bond donors (Lipinski definition) is 1. The lowest BCUT2D eigenvalue weighted by Crippen LogP contribution is -2.22. The molecular weight excluding hydrogens is 266 g/mol. The normalized spacial score (nSPS) is 20.3. The molecule has 3 rings (SSSR count). The summed E-state index contributed by atoms with van der Waals surface area (Å²) >= 11 is 0. The highest BCUT2D eigenvalue weighted by Crippen LogP contribution is 2.33. The Morgan fingerprint density at radius 1 is 1.38 bits per heavy atom. The lowest BCUT2D eigenvalue weighted by Gasteiger charge is -2.22. The van der Waals surface area contributed by atoms with Crippen molar-refractivity contribution in [2.24, 2.45) is 0 Å². The van der Waals surface area contributed by atoms with Gasteiger partial charge in [0.2, 0.25) is 5.95 Å². The fourth-order valence-electron chi connectivity index (χ4n) is 3.04. The van der Waals surface area contributed by atoms with E-state index in [0.717, 1.165) is 36.2 Å². The minimum atomic E-state index is 0.109. The number of fused-ring (bicyclic) bond motifs is 1. The Morgan fingerprint density at radius 2 is 2.19 bits per heavy atom. The molecule has 1 aromatic carbocycles. The Balaban J connectivity index is 2.04. The summed E-state index contributed by atoms with van der Waals surface area (Å²) in [4.78, 5) is 4.52. The number of aromatic nitrogens is 2. The van der Waals surface area contributed by atoms with Crippen LogP contribution >= 0.6 is 0 Å². The Bertz CT molecular complexity index is 630. The van der Waals surface area contributed by atoms with E-state index < -0.39 is 0 Å². The summed E-state index contributed by atoms with van der Waals surface area (Å²) in [6.45, 7) is 7.00. The number of imidazole rings is 1. The fraction of sp³-hybridized carbons (Fsp3) is 0.562. The van der Waals surface area contributed by atoms with Gasteiger partial charge >= 0.3 is 0 Å². The Kier molecular flexibility index (Phi) is 3.76. The zero-order valence-corrected chi connectivity index (χ0v) is 12.9. The number of nitrogens with two attached hydrogens (primary N) is 1. The van der Waals surface area contributed by atoms with Crippen LogP contribution in [-0.2, 0) is 4.74 Å². The van der Waals surface area contributed by atoms with Crippen LogP contribution in [-0.4, -0.2) is 28.4 Å². The molecule has 2 heterocycles. The van der Waals surface area contributed by atoms with Crippen molar-refractivity contribution in [1.82, 2.24) is 9.55 Å². The molecule has 0 aliphatic carbocycles. The predicted molar refractivity (Wildman–Crippen MR) is 83.6 cm³/mol. The van der Waals surface area contributed by atoms with Crippen molar-refractivity contribution in [1.29, 1.82) is 0 Å². The summed E-state index contributed by atoms with van der Waals surface area (Å²) in [5.74, 6) is 1.31. The van der Waals surface area contributed by atoms with Gasteiger partial charge in [-0.25, -0.2) is 4.98 Å². The van der Waals surface area contributed by atoms with Crippen molar-refractivity contribution < 1.29 is 9.47 Å². The zero-order chi connectivity index (χ0) is 15.0. The van der Waals surface area contributed by atoms with E-state index in [1.165, 1.54) is 0 Å². The van der Waals surface area contributed by atoms with Gasteiger partial charge in [-0.3, -0.25) is 0 Å². The van der Waals surface area contributed by atoms with Crippen LogP contribution < -0.4 is 10.5 Å². The van der Waals surface area contributed by atoms with Gasteiger partial charge in [-0.15, -0.1) is 0 Å². The van der Waals surface area contributed by atoms with E-state index in [9.17, 15) is 0 Å². The third kappa shape index (κ3) is 2.58. The topological polar surface area (TPSA) is 62.3 Å². The smallest absolute Gasteiger partial charge is 0.201 e. The second-order valence-electron chi connectivity index (χ2n) is 5.92. The number of para-hydroxylation sites is 1. The van der Waals surface area contributed by atoms with Crippen LogP contribution in [0.3, 0.4) is 0 Å². The van der Waals surface area contributed by atoms with Gasteiger partial charge in [-0.1, -0.05) is 6.07 Å². The minimum Gasteiger partial charge on any atom is -0.489 e. The largest absolute Gasteiger partial charge is 0.489 e. The number of anilines is 1. The van der Waals surface area contributed by atoms with Crippen molar-refractivity contribution in [2.75, 3.05) is 12.3 Å². The molecule has 114 valence electrons. The molecule has 0 bridgehead atoms. The Labute approximate surface area is 125 Å². The maximum atomic E-state index is 6.16. The highest BCUT2D eigenvalue weighted by atomic mass is 16.5. The zero-order valence-electron chi connectivity index (χ0n) is 12.9. The molecule has 2 atom stereocenters. The highest BCUT2D eigenvalue weighted by molar-refractivity contribution is 5.84. The first-order valence-electron chi connectivity index (χ1n) is 7.62. The molecule has 0 amide bonds. The summed E-state index contributed by atoms with van der Waals surface area (Å²) in [6, 6.07) is 6.14. The Morgan fingerprint density at radius 3 is 2.86 bits per heavy atom. The van der Waals surface area contributed by atoms with Crippen molar-refractivity contribution in [3.05, 3.63) is 18.2 Å². The third-order valence-electron chi connectivity index (χ3n) is 3.98. The molecule has 1 fully saturated rings. The molecule has 1 aliphatic heterocycles. The summed E-state index contributed by atoms with van der Waals surface area (Å²) in [5, 5.41) is 0. The molecule has 2 unspecified atom stereocenters. The predicted octanol–water partition coefficient (Wildman–Crippen LogP) is 3.15. The molecule has 5 nitrogen and oxygen atoms in total. The van der Waals surface area contributed by atoms with Crippen molar-refractivity contribution in [3.63, 3.8) is 0 Å². The first-order valence-corrected chi connectivity index (χ1v) is 7.62. The monoisotopic (exact) mass is 289 g/mol. The lowest BCUT2D eigenvalue weighted by atomic mass is 10.1. The van der Waals surface area contributed by atoms with Crippen LogP contribution in [0.5, 0.6) is 5.75 Å². The molecule has 2 aromatic rings. The maximum Gasteiger partial charge on any atom is 0.201 e. The number of ether oxygens (including phenoxy) is 2. The molecule has 5 heteroatoms. The molecule has 0 spiro atoms. The van der Waals surface area contributed by atoms with E-state index in [2.05, 4.69) is 16.5 Å². The van der Waals surface area contributed by atoms with E-state index in [1.54, 1.807) is 0 Å². The highest BCUT2D eigenvalue weighted by Gasteiger charge is 2.27. The Hall–Kier alpha value is -1.75. The lowest BCUT2D eigenvalue weighted by molar-refractivity contribution is 0.0751. The van der Waals surface area contributed by atoms with E-state index in [-0.39, 0.29) is 18.2 Å². The van der Waals surface area contributed by atoms with Crippen LogP contribution in [0.1, 0.15) is 39.7 Å². The van der Waals surface area contributed by atoms with Crippen LogP contribution in [0.25, 0.3) is 11.0 Å². The number of nitrogen functional groups attached to an aromatic ring is 1. The molecule has 0 saturated carbocycles. The van der Waals surface area contributed by atoms with Crippen molar-refractivity contribution >= 4 is 17.0 Å². The first-order chi connectivity index (χ1) is 10.1. The SMILES string of the molecule is CC(C)Oc1cccc2c1nc(N)n2C(C)C1CCCO1. The molecular formula is C16H23N3O2. The van der Waals surface area contributed by atoms with Crippen LogP contribution in [0, 0.1) is 0 Å². The summed E-state index contributed by atoms with van der Waals surface area (Å²) < 4.78 is 13.7. The van der Waals surface area contributed by atoms with Crippen LogP contribution in [0.4, 0.5) is 5.95 Å². The maximum absolute atomic E-state index is 6.16. The minimum absolute atomic E-state index is 0.109.